The Morgan fingerprint density at radius 1 is 1.88 bits per heavy atom. The molecule has 0 saturated carbocycles. The molecule has 4 heteroatoms. The molecule has 2 nitrogen and oxygen atoms in total. The lowest BCUT2D eigenvalue weighted by Crippen LogP contribution is -1.69. The van der Waals surface area contributed by atoms with E-state index in [-0.39, 0.29) is 0 Å². The molecule has 0 bridgehead atoms. The van der Waals surface area contributed by atoms with Crippen molar-refractivity contribution in [2.24, 2.45) is 0 Å². The summed E-state index contributed by atoms with van der Waals surface area (Å²) >= 11 is 8.83. The Bertz CT molecular complexity index is 174. The van der Waals surface area contributed by atoms with Crippen molar-refractivity contribution in [2.75, 3.05) is 0 Å². The van der Waals surface area contributed by atoms with Gasteiger partial charge < -0.3 is 0 Å². The Morgan fingerprint density at radius 3 is 2.88 bits per heavy atom. The van der Waals surface area contributed by atoms with Crippen LogP contribution in [0.1, 0.15) is 5.56 Å². The normalized spacial score (nSPS) is 9.75. The zero-order chi connectivity index (χ0) is 5.98. The molecule has 0 aliphatic heterocycles. The van der Waals surface area contributed by atoms with Crippen LogP contribution in [-0.4, -0.2) is 10.2 Å². The zero-order valence-corrected chi connectivity index (χ0v) is 6.33. The number of halogens is 2. The van der Waals surface area contributed by atoms with Gasteiger partial charge in [0, 0.05) is 10.9 Å². The highest BCUT2D eigenvalue weighted by molar-refractivity contribution is 9.08. The summed E-state index contributed by atoms with van der Waals surface area (Å²) in [5.74, 6) is 0. The summed E-state index contributed by atoms with van der Waals surface area (Å²) in [6.45, 7) is 0. The van der Waals surface area contributed by atoms with E-state index in [1.807, 2.05) is 0 Å². The van der Waals surface area contributed by atoms with E-state index in [0.29, 0.717) is 5.15 Å². The first-order chi connectivity index (χ1) is 3.84. The second kappa shape index (κ2) is 2.51. The monoisotopic (exact) mass is 194 g/mol. The molecule has 0 aliphatic rings. The molecule has 0 radical (unpaired) electrons. The Hall–Kier alpha value is -0.0200. The molecule has 0 spiro atoms. The molecule has 0 amide bonds. The first-order valence-electron chi connectivity index (χ1n) is 2.08. The molecular weight excluding hydrogens is 191 g/mol. The van der Waals surface area contributed by atoms with Crippen molar-refractivity contribution in [1.29, 1.82) is 0 Å². The van der Waals surface area contributed by atoms with Crippen molar-refractivity contribution >= 4 is 27.5 Å². The molecule has 0 fully saturated rings. The van der Waals surface area contributed by atoms with Crippen molar-refractivity contribution in [2.45, 2.75) is 5.33 Å². The Morgan fingerprint density at radius 2 is 2.62 bits per heavy atom. The second-order valence-electron chi connectivity index (χ2n) is 1.34. The molecule has 1 heterocycles. The van der Waals surface area contributed by atoms with E-state index in [0.717, 1.165) is 10.9 Å². The van der Waals surface area contributed by atoms with E-state index in [2.05, 4.69) is 26.1 Å². The van der Waals surface area contributed by atoms with E-state index in [1.165, 1.54) is 0 Å². The number of aromatic amines is 1. The topological polar surface area (TPSA) is 28.7 Å². The van der Waals surface area contributed by atoms with E-state index >= 15 is 0 Å². The van der Waals surface area contributed by atoms with Crippen molar-refractivity contribution in [3.8, 4) is 0 Å². The highest BCUT2D eigenvalue weighted by atomic mass is 79.9. The third-order valence-corrected chi connectivity index (χ3v) is 1.74. The van der Waals surface area contributed by atoms with Gasteiger partial charge in [-0.2, -0.15) is 5.10 Å². The number of H-pyrrole nitrogens is 1. The zero-order valence-electron chi connectivity index (χ0n) is 3.99. The van der Waals surface area contributed by atoms with E-state index in [1.54, 1.807) is 6.20 Å². The second-order valence-corrected chi connectivity index (χ2v) is 2.28. The molecule has 0 saturated heterocycles. The van der Waals surface area contributed by atoms with Gasteiger partial charge in [-0.1, -0.05) is 27.5 Å². The summed E-state index contributed by atoms with van der Waals surface area (Å²) in [5, 5.41) is 7.68. The Kier molecular flexibility index (Phi) is 1.91. The third-order valence-electron chi connectivity index (χ3n) is 0.809. The van der Waals surface area contributed by atoms with Crippen LogP contribution >= 0.6 is 27.5 Å². The molecular formula is C4H4BrClN2. The van der Waals surface area contributed by atoms with Crippen LogP contribution in [-0.2, 0) is 5.33 Å². The number of rotatable bonds is 1. The van der Waals surface area contributed by atoms with E-state index in [4.69, 9.17) is 11.6 Å². The smallest absolute Gasteiger partial charge is 0.128 e. The number of hydrogen-bond donors (Lipinski definition) is 1. The lowest BCUT2D eigenvalue weighted by molar-refractivity contribution is 1.09. The molecule has 1 rings (SSSR count). The predicted octanol–water partition coefficient (Wildman–Crippen LogP) is 1.96. The van der Waals surface area contributed by atoms with Gasteiger partial charge in [-0.05, 0) is 0 Å². The van der Waals surface area contributed by atoms with Crippen LogP contribution < -0.4 is 0 Å². The molecule has 8 heavy (non-hydrogen) atoms. The van der Waals surface area contributed by atoms with Crippen LogP contribution in [0.4, 0.5) is 0 Å². The van der Waals surface area contributed by atoms with Crippen molar-refractivity contribution in [3.63, 3.8) is 0 Å². The molecule has 44 valence electrons. The third kappa shape index (κ3) is 1.03. The molecule has 1 N–H and O–H groups in total. The van der Waals surface area contributed by atoms with Gasteiger partial charge in [-0.25, -0.2) is 0 Å². The number of alkyl halides is 1. The average molecular weight is 195 g/mol. The summed E-state index contributed by atoms with van der Waals surface area (Å²) in [6, 6.07) is 0. The molecule has 1 aromatic heterocycles. The summed E-state index contributed by atoms with van der Waals surface area (Å²) in [7, 11) is 0. The van der Waals surface area contributed by atoms with Crippen molar-refractivity contribution in [3.05, 3.63) is 16.9 Å². The maximum atomic E-state index is 5.59. The van der Waals surface area contributed by atoms with Crippen LogP contribution in [0.3, 0.4) is 0 Å². The highest BCUT2D eigenvalue weighted by Gasteiger charge is 1.96. The van der Waals surface area contributed by atoms with Gasteiger partial charge >= 0.3 is 0 Å². The molecule has 1 aromatic rings. The Labute approximate surface area is 60.4 Å². The van der Waals surface area contributed by atoms with Gasteiger partial charge in [0.05, 0.1) is 6.20 Å². The lowest BCUT2D eigenvalue weighted by atomic mass is 10.4. The van der Waals surface area contributed by atoms with Gasteiger partial charge in [0.25, 0.3) is 0 Å². The Balaban J connectivity index is 2.92. The first kappa shape index (κ1) is 6.11. The van der Waals surface area contributed by atoms with Crippen molar-refractivity contribution < 1.29 is 0 Å². The largest absolute Gasteiger partial charge is 0.267 e. The summed E-state index contributed by atoms with van der Waals surface area (Å²) in [6.07, 6.45) is 1.69. The molecule has 0 atom stereocenters. The van der Waals surface area contributed by atoms with Crippen LogP contribution in [0.15, 0.2) is 6.20 Å². The summed E-state index contributed by atoms with van der Waals surface area (Å²) in [5.41, 5.74) is 0.992. The summed E-state index contributed by atoms with van der Waals surface area (Å²) in [4.78, 5) is 0. The van der Waals surface area contributed by atoms with Crippen LogP contribution in [0.2, 0.25) is 5.15 Å². The van der Waals surface area contributed by atoms with Gasteiger partial charge in [0.1, 0.15) is 5.15 Å². The SMILES string of the molecule is Clc1[nH]ncc1CBr. The number of aromatic nitrogens is 2. The standard InChI is InChI=1S/C4H4BrClN2/c5-1-3-2-7-8-4(3)6/h2H,1H2,(H,7,8). The minimum absolute atomic E-state index is 0.613. The van der Waals surface area contributed by atoms with Crippen LogP contribution in [0.5, 0.6) is 0 Å². The molecule has 0 aliphatic carbocycles. The maximum absolute atomic E-state index is 5.59. The average Bonchev–Trinajstić information content (AvgIpc) is 2.14. The fourth-order valence-electron chi connectivity index (χ4n) is 0.389. The number of nitrogens with one attached hydrogen (secondary N) is 1. The van der Waals surface area contributed by atoms with Crippen LogP contribution in [0.25, 0.3) is 0 Å². The summed E-state index contributed by atoms with van der Waals surface area (Å²) < 4.78 is 0. The molecule has 0 unspecified atom stereocenters. The minimum atomic E-state index is 0.613. The first-order valence-corrected chi connectivity index (χ1v) is 3.58. The number of hydrogen-bond acceptors (Lipinski definition) is 1. The van der Waals surface area contributed by atoms with Gasteiger partial charge in [0.15, 0.2) is 0 Å². The van der Waals surface area contributed by atoms with E-state index < -0.39 is 0 Å². The van der Waals surface area contributed by atoms with E-state index in [9.17, 15) is 0 Å². The van der Waals surface area contributed by atoms with Crippen molar-refractivity contribution in [1.82, 2.24) is 10.2 Å². The van der Waals surface area contributed by atoms with Crippen LogP contribution in [0, 0.1) is 0 Å². The fourth-order valence-corrected chi connectivity index (χ4v) is 1.14. The minimum Gasteiger partial charge on any atom is -0.267 e. The molecule has 0 aromatic carbocycles. The fraction of sp³-hybridized carbons (Fsp3) is 0.250. The quantitative estimate of drug-likeness (QED) is 0.682. The lowest BCUT2D eigenvalue weighted by Gasteiger charge is -1.82. The van der Waals surface area contributed by atoms with Gasteiger partial charge in [-0.3, -0.25) is 5.10 Å². The predicted molar refractivity (Wildman–Crippen MR) is 36.2 cm³/mol. The van der Waals surface area contributed by atoms with Gasteiger partial charge in [0.2, 0.25) is 0 Å². The van der Waals surface area contributed by atoms with Gasteiger partial charge in [-0.15, -0.1) is 0 Å². The number of nitrogens with zero attached hydrogens (tertiary/aromatic N) is 1. The maximum Gasteiger partial charge on any atom is 0.128 e. The highest BCUT2D eigenvalue weighted by Crippen LogP contribution is 2.13.